The van der Waals surface area contributed by atoms with E-state index in [1.165, 1.54) is 38.8 Å². The van der Waals surface area contributed by atoms with Gasteiger partial charge in [0.1, 0.15) is 0 Å². The first-order chi connectivity index (χ1) is 6.29. The van der Waals surface area contributed by atoms with Gasteiger partial charge >= 0.3 is 0 Å². The quantitative estimate of drug-likeness (QED) is 0.704. The Hall–Kier alpha value is -0.0800. The SMILES string of the molecule is CCC.CN(C1CCC1)C1CNC1. The highest BCUT2D eigenvalue weighted by molar-refractivity contribution is 4.89. The predicted molar refractivity (Wildman–Crippen MR) is 58.0 cm³/mol. The molecule has 2 rings (SSSR count). The fraction of sp³-hybridized carbons (Fsp3) is 1.00. The summed E-state index contributed by atoms with van der Waals surface area (Å²) in [6.45, 7) is 6.68. The van der Waals surface area contributed by atoms with Gasteiger partial charge in [0, 0.05) is 25.2 Å². The number of rotatable bonds is 2. The maximum atomic E-state index is 3.30. The van der Waals surface area contributed by atoms with Crippen LogP contribution in [0.4, 0.5) is 0 Å². The first kappa shape index (κ1) is 11.0. The molecule has 1 heterocycles. The molecule has 2 heteroatoms. The molecule has 2 fully saturated rings. The van der Waals surface area contributed by atoms with E-state index in [1.807, 2.05) is 0 Å². The molecule has 2 aliphatic rings. The van der Waals surface area contributed by atoms with Crippen molar-refractivity contribution in [2.75, 3.05) is 20.1 Å². The summed E-state index contributed by atoms with van der Waals surface area (Å²) in [6.07, 6.45) is 5.58. The Bertz CT molecular complexity index is 114. The summed E-state index contributed by atoms with van der Waals surface area (Å²) in [5.74, 6) is 0. The minimum absolute atomic E-state index is 0.852. The molecule has 0 amide bonds. The van der Waals surface area contributed by atoms with E-state index in [4.69, 9.17) is 0 Å². The van der Waals surface area contributed by atoms with E-state index in [0.717, 1.165) is 12.1 Å². The molecule has 0 bridgehead atoms. The standard InChI is InChI=1S/C8H16N2.C3H8/c1-10(7-3-2-4-7)8-5-9-6-8;1-3-2/h7-9H,2-6H2,1H3;3H2,1-2H3. The molecular weight excluding hydrogens is 160 g/mol. The monoisotopic (exact) mass is 184 g/mol. The van der Waals surface area contributed by atoms with Crippen LogP contribution in [0.1, 0.15) is 39.5 Å². The molecule has 0 radical (unpaired) electrons. The van der Waals surface area contributed by atoms with Crippen molar-refractivity contribution < 1.29 is 0 Å². The Morgan fingerprint density at radius 3 is 1.92 bits per heavy atom. The Kier molecular flexibility index (Phi) is 4.74. The number of hydrogen-bond acceptors (Lipinski definition) is 2. The number of hydrogen-bond donors (Lipinski definition) is 1. The highest BCUT2D eigenvalue weighted by Crippen LogP contribution is 2.25. The van der Waals surface area contributed by atoms with E-state index in [1.54, 1.807) is 0 Å². The third-order valence-corrected chi connectivity index (χ3v) is 2.99. The molecule has 1 saturated heterocycles. The molecular formula is C11H24N2. The maximum Gasteiger partial charge on any atom is 0.0345 e. The minimum atomic E-state index is 0.852. The topological polar surface area (TPSA) is 15.3 Å². The molecule has 78 valence electrons. The number of nitrogens with zero attached hydrogens (tertiary/aromatic N) is 1. The first-order valence-electron chi connectivity index (χ1n) is 5.72. The smallest absolute Gasteiger partial charge is 0.0345 e. The third kappa shape index (κ3) is 2.96. The zero-order chi connectivity index (χ0) is 9.68. The van der Waals surface area contributed by atoms with Crippen molar-refractivity contribution in [1.82, 2.24) is 10.2 Å². The van der Waals surface area contributed by atoms with Crippen molar-refractivity contribution in [3.63, 3.8) is 0 Å². The lowest BCUT2D eigenvalue weighted by atomic mass is 9.90. The molecule has 0 aromatic carbocycles. The van der Waals surface area contributed by atoms with Gasteiger partial charge in [-0.05, 0) is 19.9 Å². The fourth-order valence-corrected chi connectivity index (χ4v) is 1.65. The van der Waals surface area contributed by atoms with Crippen molar-refractivity contribution in [1.29, 1.82) is 0 Å². The average molecular weight is 184 g/mol. The van der Waals surface area contributed by atoms with Gasteiger partial charge in [-0.15, -0.1) is 0 Å². The summed E-state index contributed by atoms with van der Waals surface area (Å²) >= 11 is 0. The van der Waals surface area contributed by atoms with Crippen LogP contribution in [0, 0.1) is 0 Å². The summed E-state index contributed by atoms with van der Waals surface area (Å²) in [5, 5.41) is 3.30. The second kappa shape index (κ2) is 5.61. The van der Waals surface area contributed by atoms with Crippen molar-refractivity contribution in [2.45, 2.75) is 51.6 Å². The average Bonchev–Trinajstić information content (AvgIpc) is 1.79. The Balaban J connectivity index is 0.000000251. The van der Waals surface area contributed by atoms with Gasteiger partial charge in [-0.2, -0.15) is 0 Å². The van der Waals surface area contributed by atoms with Crippen molar-refractivity contribution in [3.05, 3.63) is 0 Å². The van der Waals surface area contributed by atoms with E-state index in [-0.39, 0.29) is 0 Å². The van der Waals surface area contributed by atoms with Crippen LogP contribution < -0.4 is 5.32 Å². The molecule has 1 aliphatic heterocycles. The Labute approximate surface area is 82.7 Å². The van der Waals surface area contributed by atoms with Gasteiger partial charge in [-0.1, -0.05) is 26.7 Å². The molecule has 0 aromatic rings. The Morgan fingerprint density at radius 1 is 1.15 bits per heavy atom. The molecule has 1 saturated carbocycles. The zero-order valence-electron chi connectivity index (χ0n) is 9.34. The van der Waals surface area contributed by atoms with Gasteiger partial charge in [0.2, 0.25) is 0 Å². The van der Waals surface area contributed by atoms with Crippen molar-refractivity contribution in [2.24, 2.45) is 0 Å². The Morgan fingerprint density at radius 2 is 1.69 bits per heavy atom. The van der Waals surface area contributed by atoms with Gasteiger partial charge < -0.3 is 5.32 Å². The van der Waals surface area contributed by atoms with E-state index in [2.05, 4.69) is 31.1 Å². The molecule has 0 atom stereocenters. The minimum Gasteiger partial charge on any atom is -0.314 e. The van der Waals surface area contributed by atoms with Gasteiger partial charge in [-0.25, -0.2) is 0 Å². The molecule has 0 aromatic heterocycles. The molecule has 2 nitrogen and oxygen atoms in total. The lowest BCUT2D eigenvalue weighted by Crippen LogP contribution is -2.59. The van der Waals surface area contributed by atoms with Crippen molar-refractivity contribution >= 4 is 0 Å². The fourth-order valence-electron chi connectivity index (χ4n) is 1.65. The van der Waals surface area contributed by atoms with E-state index in [9.17, 15) is 0 Å². The lowest BCUT2D eigenvalue weighted by molar-refractivity contribution is 0.0805. The van der Waals surface area contributed by atoms with Crippen LogP contribution >= 0.6 is 0 Å². The van der Waals surface area contributed by atoms with Crippen molar-refractivity contribution in [3.8, 4) is 0 Å². The molecule has 1 aliphatic carbocycles. The van der Waals surface area contributed by atoms with Gasteiger partial charge in [0.15, 0.2) is 0 Å². The summed E-state index contributed by atoms with van der Waals surface area (Å²) in [6, 6.07) is 1.78. The van der Waals surface area contributed by atoms with Crippen LogP contribution in [-0.2, 0) is 0 Å². The van der Waals surface area contributed by atoms with E-state index in [0.29, 0.717) is 0 Å². The van der Waals surface area contributed by atoms with Crippen LogP contribution in [0.5, 0.6) is 0 Å². The van der Waals surface area contributed by atoms with Crippen LogP contribution in [0.2, 0.25) is 0 Å². The summed E-state index contributed by atoms with van der Waals surface area (Å²) in [5.41, 5.74) is 0. The summed E-state index contributed by atoms with van der Waals surface area (Å²) < 4.78 is 0. The number of nitrogens with one attached hydrogen (secondary N) is 1. The zero-order valence-corrected chi connectivity index (χ0v) is 9.34. The van der Waals surface area contributed by atoms with Crippen LogP contribution in [0.3, 0.4) is 0 Å². The lowest BCUT2D eigenvalue weighted by Gasteiger charge is -2.44. The maximum absolute atomic E-state index is 3.30. The van der Waals surface area contributed by atoms with Crippen LogP contribution in [0.25, 0.3) is 0 Å². The number of likely N-dealkylation sites (N-methyl/N-ethyl adjacent to an activating group) is 1. The van der Waals surface area contributed by atoms with Crippen LogP contribution in [-0.4, -0.2) is 37.1 Å². The summed E-state index contributed by atoms with van der Waals surface area (Å²) in [7, 11) is 2.27. The molecule has 0 unspecified atom stereocenters. The second-order valence-corrected chi connectivity index (χ2v) is 4.27. The van der Waals surface area contributed by atoms with Gasteiger partial charge in [-0.3, -0.25) is 4.90 Å². The van der Waals surface area contributed by atoms with E-state index < -0.39 is 0 Å². The normalized spacial score (nSPS) is 23.1. The molecule has 1 N–H and O–H groups in total. The first-order valence-corrected chi connectivity index (χ1v) is 5.72. The largest absolute Gasteiger partial charge is 0.314 e. The highest BCUT2D eigenvalue weighted by atomic mass is 15.2. The summed E-state index contributed by atoms with van der Waals surface area (Å²) in [4.78, 5) is 2.56. The molecule has 13 heavy (non-hydrogen) atoms. The van der Waals surface area contributed by atoms with Gasteiger partial charge in [0.25, 0.3) is 0 Å². The molecule has 0 spiro atoms. The third-order valence-electron chi connectivity index (χ3n) is 2.99. The van der Waals surface area contributed by atoms with E-state index >= 15 is 0 Å². The highest BCUT2D eigenvalue weighted by Gasteiger charge is 2.30. The predicted octanol–water partition coefficient (Wildman–Crippen LogP) is 1.86. The second-order valence-electron chi connectivity index (χ2n) is 4.27. The van der Waals surface area contributed by atoms with Gasteiger partial charge in [0.05, 0.1) is 0 Å². The van der Waals surface area contributed by atoms with Crippen LogP contribution in [0.15, 0.2) is 0 Å².